The number of hydrogen-bond acceptors (Lipinski definition) is 5. The fraction of sp³-hybridized carbons (Fsp3) is 0.600. The lowest BCUT2D eigenvalue weighted by Crippen LogP contribution is -2.54. The lowest BCUT2D eigenvalue weighted by molar-refractivity contribution is -0.164. The normalized spacial score (nSPS) is 28.4. The third-order valence-electron chi connectivity index (χ3n) is 5.04. The highest BCUT2D eigenvalue weighted by molar-refractivity contribution is 5.86. The molecule has 5 nitrogen and oxygen atoms in total. The quantitative estimate of drug-likeness (QED) is 0.850. The van der Waals surface area contributed by atoms with Gasteiger partial charge in [0.05, 0.1) is 0 Å². The first-order chi connectivity index (χ1) is 11.8. The van der Waals surface area contributed by atoms with E-state index in [-0.39, 0.29) is 24.5 Å². The number of fused-ring (bicyclic) bond motifs is 1. The van der Waals surface area contributed by atoms with E-state index in [0.29, 0.717) is 6.42 Å². The van der Waals surface area contributed by atoms with E-state index in [1.165, 1.54) is 0 Å². The number of benzene rings is 1. The third kappa shape index (κ3) is 3.87. The van der Waals surface area contributed by atoms with Crippen LogP contribution in [0.2, 0.25) is 0 Å². The first-order valence-corrected chi connectivity index (χ1v) is 9.02. The molecule has 136 valence electrons. The van der Waals surface area contributed by atoms with Crippen molar-refractivity contribution in [2.45, 2.75) is 70.2 Å². The summed E-state index contributed by atoms with van der Waals surface area (Å²) in [4.78, 5) is 25.2. The third-order valence-corrected chi connectivity index (χ3v) is 5.04. The van der Waals surface area contributed by atoms with E-state index in [4.69, 9.17) is 9.47 Å². The number of rotatable bonds is 4. The highest BCUT2D eigenvalue weighted by atomic mass is 16.6. The first kappa shape index (κ1) is 17.9. The van der Waals surface area contributed by atoms with E-state index in [1.807, 2.05) is 51.1 Å². The van der Waals surface area contributed by atoms with Crippen molar-refractivity contribution in [1.82, 2.24) is 5.32 Å². The van der Waals surface area contributed by atoms with E-state index in [9.17, 15) is 9.59 Å². The molecule has 1 aliphatic carbocycles. The minimum Gasteiger partial charge on any atom is -0.460 e. The van der Waals surface area contributed by atoms with Gasteiger partial charge in [-0.05, 0) is 51.5 Å². The van der Waals surface area contributed by atoms with Gasteiger partial charge in [-0.1, -0.05) is 36.8 Å². The lowest BCUT2D eigenvalue weighted by Gasteiger charge is -2.31. The second kappa shape index (κ2) is 6.79. The molecular weight excluding hydrogens is 318 g/mol. The standard InChI is InChI=1S/C20H27NO4/c1-19(2,3)25-18(23)20-11-7-10-15(20)12-16(21-20)17(22)24-13-14-8-5-4-6-9-14/h4-6,8-9,15-16,21H,7,10-13H2,1-3H3/t15-,16-,20-/m0/s1. The molecule has 2 aliphatic rings. The van der Waals surface area contributed by atoms with Crippen molar-refractivity contribution in [2.75, 3.05) is 0 Å². The molecule has 0 spiro atoms. The van der Waals surface area contributed by atoms with Gasteiger partial charge in [-0.15, -0.1) is 0 Å². The second-order valence-electron chi connectivity index (χ2n) is 8.09. The summed E-state index contributed by atoms with van der Waals surface area (Å²) in [6.45, 7) is 5.85. The maximum Gasteiger partial charge on any atom is 0.327 e. The molecule has 25 heavy (non-hydrogen) atoms. The predicted molar refractivity (Wildman–Crippen MR) is 93.7 cm³/mol. The van der Waals surface area contributed by atoms with E-state index < -0.39 is 17.2 Å². The van der Waals surface area contributed by atoms with Gasteiger partial charge in [0.2, 0.25) is 0 Å². The number of nitrogens with one attached hydrogen (secondary N) is 1. The van der Waals surface area contributed by atoms with Gasteiger partial charge in [-0.2, -0.15) is 0 Å². The molecule has 0 unspecified atom stereocenters. The van der Waals surface area contributed by atoms with Gasteiger partial charge in [0.15, 0.2) is 0 Å². The van der Waals surface area contributed by atoms with Crippen LogP contribution in [-0.4, -0.2) is 29.1 Å². The van der Waals surface area contributed by atoms with Gasteiger partial charge >= 0.3 is 11.9 Å². The second-order valence-corrected chi connectivity index (χ2v) is 8.09. The maximum atomic E-state index is 12.8. The van der Waals surface area contributed by atoms with Crippen LogP contribution < -0.4 is 5.32 Å². The van der Waals surface area contributed by atoms with E-state index in [0.717, 1.165) is 24.8 Å². The molecule has 1 aliphatic heterocycles. The Morgan fingerprint density at radius 1 is 1.24 bits per heavy atom. The Hall–Kier alpha value is -1.88. The van der Waals surface area contributed by atoms with E-state index in [1.54, 1.807) is 0 Å². The molecule has 1 aromatic rings. The molecule has 1 N–H and O–H groups in total. The van der Waals surface area contributed by atoms with Crippen molar-refractivity contribution in [3.63, 3.8) is 0 Å². The number of carbonyl (C=O) groups is 2. The molecule has 2 fully saturated rings. The highest BCUT2D eigenvalue weighted by Gasteiger charge is 2.58. The Balaban J connectivity index is 1.64. The number of carbonyl (C=O) groups excluding carboxylic acids is 2. The molecule has 5 heteroatoms. The SMILES string of the molecule is CC(C)(C)OC(=O)[C@]12CCC[C@H]1C[C@@H](C(=O)OCc1ccccc1)N2. The fourth-order valence-electron chi connectivity index (χ4n) is 3.92. The molecule has 1 aromatic carbocycles. The van der Waals surface area contributed by atoms with Gasteiger partial charge in [-0.25, -0.2) is 0 Å². The zero-order chi connectivity index (χ0) is 18.1. The van der Waals surface area contributed by atoms with Crippen LogP contribution in [0.25, 0.3) is 0 Å². The van der Waals surface area contributed by atoms with Gasteiger partial charge in [0, 0.05) is 0 Å². The summed E-state index contributed by atoms with van der Waals surface area (Å²) in [5.41, 5.74) is -0.313. The highest BCUT2D eigenvalue weighted by Crippen LogP contribution is 2.45. The van der Waals surface area contributed by atoms with Gasteiger partial charge in [-0.3, -0.25) is 14.9 Å². The molecule has 0 aromatic heterocycles. The Morgan fingerprint density at radius 2 is 1.96 bits per heavy atom. The summed E-state index contributed by atoms with van der Waals surface area (Å²) in [5.74, 6) is -0.390. The van der Waals surface area contributed by atoms with Crippen LogP contribution in [0.4, 0.5) is 0 Å². The Bertz CT molecular complexity index is 637. The van der Waals surface area contributed by atoms with Crippen LogP contribution in [0.15, 0.2) is 30.3 Å². The summed E-state index contributed by atoms with van der Waals surface area (Å²) >= 11 is 0. The zero-order valence-corrected chi connectivity index (χ0v) is 15.2. The van der Waals surface area contributed by atoms with Crippen LogP contribution in [0.1, 0.15) is 52.0 Å². The first-order valence-electron chi connectivity index (χ1n) is 9.02. The zero-order valence-electron chi connectivity index (χ0n) is 15.2. The largest absolute Gasteiger partial charge is 0.460 e. The van der Waals surface area contributed by atoms with E-state index >= 15 is 0 Å². The van der Waals surface area contributed by atoms with Gasteiger partial charge < -0.3 is 9.47 Å². The maximum absolute atomic E-state index is 12.8. The van der Waals surface area contributed by atoms with Gasteiger partial charge in [0.1, 0.15) is 23.8 Å². The van der Waals surface area contributed by atoms with Crippen LogP contribution in [-0.2, 0) is 25.7 Å². The van der Waals surface area contributed by atoms with Gasteiger partial charge in [0.25, 0.3) is 0 Å². The Labute approximate surface area is 149 Å². The van der Waals surface area contributed by atoms with Crippen LogP contribution in [0.5, 0.6) is 0 Å². The molecule has 1 saturated carbocycles. The van der Waals surface area contributed by atoms with Crippen molar-refractivity contribution in [3.8, 4) is 0 Å². The summed E-state index contributed by atoms with van der Waals surface area (Å²) in [6, 6.07) is 9.16. The van der Waals surface area contributed by atoms with Crippen LogP contribution in [0, 0.1) is 5.92 Å². The molecule has 0 amide bonds. The van der Waals surface area contributed by atoms with E-state index in [2.05, 4.69) is 5.32 Å². The summed E-state index contributed by atoms with van der Waals surface area (Å²) in [5, 5.41) is 3.28. The van der Waals surface area contributed by atoms with Crippen LogP contribution >= 0.6 is 0 Å². The topological polar surface area (TPSA) is 64.6 Å². The lowest BCUT2D eigenvalue weighted by atomic mass is 9.88. The molecule has 3 atom stereocenters. The number of esters is 2. The van der Waals surface area contributed by atoms with Crippen molar-refractivity contribution >= 4 is 11.9 Å². The average Bonchev–Trinajstić information content (AvgIpc) is 3.10. The molecule has 0 radical (unpaired) electrons. The van der Waals surface area contributed by atoms with Crippen molar-refractivity contribution in [1.29, 1.82) is 0 Å². The number of hydrogen-bond donors (Lipinski definition) is 1. The fourth-order valence-corrected chi connectivity index (χ4v) is 3.92. The molecular formula is C20H27NO4. The summed E-state index contributed by atoms with van der Waals surface area (Å²) in [6.07, 6.45) is 3.26. The Morgan fingerprint density at radius 3 is 2.64 bits per heavy atom. The van der Waals surface area contributed by atoms with Crippen LogP contribution in [0.3, 0.4) is 0 Å². The molecule has 1 heterocycles. The molecule has 3 rings (SSSR count). The minimum atomic E-state index is -0.732. The molecule has 0 bridgehead atoms. The summed E-state index contributed by atoms with van der Waals surface area (Å²) in [7, 11) is 0. The van der Waals surface area contributed by atoms with Crippen molar-refractivity contribution < 1.29 is 19.1 Å². The average molecular weight is 345 g/mol. The molecule has 1 saturated heterocycles. The monoisotopic (exact) mass is 345 g/mol. The number of ether oxygens (including phenoxy) is 2. The minimum absolute atomic E-state index is 0.136. The summed E-state index contributed by atoms with van der Waals surface area (Å²) < 4.78 is 11.1. The smallest absolute Gasteiger partial charge is 0.327 e. The van der Waals surface area contributed by atoms with Crippen molar-refractivity contribution in [3.05, 3.63) is 35.9 Å². The predicted octanol–water partition coefficient (Wildman–Crippen LogP) is 2.97. The van der Waals surface area contributed by atoms with Crippen molar-refractivity contribution in [2.24, 2.45) is 5.92 Å². The Kier molecular flexibility index (Phi) is 4.87.